The number of rotatable bonds is 11. The van der Waals surface area contributed by atoms with E-state index in [-0.39, 0.29) is 0 Å². The molecule has 31 heavy (non-hydrogen) atoms. The molecule has 4 rings (SSSR count). The zero-order chi connectivity index (χ0) is 21.1. The summed E-state index contributed by atoms with van der Waals surface area (Å²) in [5.74, 6) is 4.38. The Labute approximate surface area is 186 Å². The Morgan fingerprint density at radius 3 is 2.42 bits per heavy atom. The highest BCUT2D eigenvalue weighted by Gasteiger charge is 2.11. The number of morpholine rings is 1. The number of benzene rings is 2. The molecule has 2 aromatic carbocycles. The Bertz CT molecular complexity index is 899. The van der Waals surface area contributed by atoms with Crippen molar-refractivity contribution < 1.29 is 18.6 Å². The van der Waals surface area contributed by atoms with Gasteiger partial charge in [0.05, 0.1) is 25.6 Å². The van der Waals surface area contributed by atoms with Crippen molar-refractivity contribution in [3.8, 4) is 23.0 Å². The van der Waals surface area contributed by atoms with E-state index < -0.39 is 0 Å². The fourth-order valence-corrected chi connectivity index (χ4v) is 3.77. The van der Waals surface area contributed by atoms with Crippen molar-refractivity contribution in [1.82, 2.24) is 15.1 Å². The van der Waals surface area contributed by atoms with Gasteiger partial charge in [0.2, 0.25) is 11.8 Å². The van der Waals surface area contributed by atoms with E-state index in [4.69, 9.17) is 18.6 Å². The van der Waals surface area contributed by atoms with E-state index in [2.05, 4.69) is 15.1 Å². The molecule has 164 valence electrons. The van der Waals surface area contributed by atoms with Gasteiger partial charge in [0.25, 0.3) is 0 Å². The molecule has 3 aromatic rings. The first kappa shape index (κ1) is 21.7. The number of para-hydroxylation sites is 1. The van der Waals surface area contributed by atoms with Gasteiger partial charge in [0.15, 0.2) is 0 Å². The third kappa shape index (κ3) is 6.99. The van der Waals surface area contributed by atoms with Crippen molar-refractivity contribution in [2.24, 2.45) is 0 Å². The lowest BCUT2D eigenvalue weighted by molar-refractivity contribution is 0.0322. The second-order valence-corrected chi connectivity index (χ2v) is 8.15. The largest absolute Gasteiger partial charge is 0.493 e. The molecule has 0 saturated carbocycles. The van der Waals surface area contributed by atoms with Crippen LogP contribution in [-0.2, 0) is 10.5 Å². The van der Waals surface area contributed by atoms with Crippen molar-refractivity contribution in [3.05, 3.63) is 60.5 Å². The van der Waals surface area contributed by atoms with E-state index in [9.17, 15) is 0 Å². The molecule has 1 saturated heterocycles. The lowest BCUT2D eigenvalue weighted by Crippen LogP contribution is -2.38. The first-order valence-electron chi connectivity index (χ1n) is 10.5. The summed E-state index contributed by atoms with van der Waals surface area (Å²) in [5, 5.41) is 8.31. The van der Waals surface area contributed by atoms with Gasteiger partial charge in [0.1, 0.15) is 18.1 Å². The molecule has 7 nitrogen and oxygen atoms in total. The van der Waals surface area contributed by atoms with Crippen LogP contribution in [0.15, 0.2) is 59.0 Å². The van der Waals surface area contributed by atoms with Crippen molar-refractivity contribution in [3.63, 3.8) is 0 Å². The van der Waals surface area contributed by atoms with Gasteiger partial charge in [-0.3, -0.25) is 4.90 Å². The number of aromatic nitrogens is 2. The van der Waals surface area contributed by atoms with Crippen LogP contribution in [0.3, 0.4) is 0 Å². The van der Waals surface area contributed by atoms with E-state index in [0.717, 1.165) is 55.7 Å². The van der Waals surface area contributed by atoms with Crippen LogP contribution >= 0.6 is 11.8 Å². The summed E-state index contributed by atoms with van der Waals surface area (Å²) in [4.78, 5) is 2.35. The van der Waals surface area contributed by atoms with Crippen LogP contribution in [0.2, 0.25) is 0 Å². The minimum Gasteiger partial charge on any atom is -0.493 e. The molecule has 0 bridgehead atoms. The second kappa shape index (κ2) is 11.7. The molecule has 1 fully saturated rings. The van der Waals surface area contributed by atoms with E-state index in [1.807, 2.05) is 54.6 Å². The highest BCUT2D eigenvalue weighted by atomic mass is 32.2. The molecule has 1 aromatic heterocycles. The van der Waals surface area contributed by atoms with Gasteiger partial charge in [0, 0.05) is 31.0 Å². The maximum Gasteiger partial charge on any atom is 0.247 e. The molecule has 2 heterocycles. The molecule has 0 N–H and O–H groups in total. The van der Waals surface area contributed by atoms with Gasteiger partial charge in [-0.1, -0.05) is 18.2 Å². The zero-order valence-corrected chi connectivity index (χ0v) is 18.3. The number of nitrogens with zero attached hydrogens (tertiary/aromatic N) is 3. The SMILES string of the molecule is c1ccc(OCCSCc2nnc(-c3ccc(OCCN4CCOCC4)cc3)o2)cc1. The van der Waals surface area contributed by atoms with Crippen LogP contribution in [-0.4, -0.2) is 66.9 Å². The van der Waals surface area contributed by atoms with Crippen molar-refractivity contribution in [1.29, 1.82) is 0 Å². The molecule has 0 atom stereocenters. The Hall–Kier alpha value is -2.55. The Morgan fingerprint density at radius 2 is 1.61 bits per heavy atom. The summed E-state index contributed by atoms with van der Waals surface area (Å²) in [6, 6.07) is 17.6. The maximum atomic E-state index is 5.85. The standard InChI is InChI=1S/C23H27N3O4S/c1-2-4-20(5-3-1)29-16-17-31-18-22-24-25-23(30-22)19-6-8-21(9-7-19)28-15-12-26-10-13-27-14-11-26/h1-9H,10-18H2. The van der Waals surface area contributed by atoms with E-state index in [1.165, 1.54) is 0 Å². The molecule has 1 aliphatic heterocycles. The Morgan fingerprint density at radius 1 is 0.871 bits per heavy atom. The topological polar surface area (TPSA) is 69.9 Å². The molecule has 0 radical (unpaired) electrons. The van der Waals surface area contributed by atoms with Crippen LogP contribution in [0, 0.1) is 0 Å². The number of ether oxygens (including phenoxy) is 3. The van der Waals surface area contributed by atoms with Crippen LogP contribution in [0.25, 0.3) is 11.5 Å². The van der Waals surface area contributed by atoms with E-state index >= 15 is 0 Å². The minimum atomic E-state index is 0.524. The predicted molar refractivity (Wildman–Crippen MR) is 121 cm³/mol. The van der Waals surface area contributed by atoms with Crippen LogP contribution < -0.4 is 9.47 Å². The molecule has 0 amide bonds. The van der Waals surface area contributed by atoms with Crippen molar-refractivity contribution >= 4 is 11.8 Å². The highest BCUT2D eigenvalue weighted by Crippen LogP contribution is 2.23. The van der Waals surface area contributed by atoms with Crippen LogP contribution in [0.5, 0.6) is 11.5 Å². The smallest absolute Gasteiger partial charge is 0.247 e. The summed E-state index contributed by atoms with van der Waals surface area (Å²) >= 11 is 1.70. The molecular weight excluding hydrogens is 414 g/mol. The van der Waals surface area contributed by atoms with Gasteiger partial charge in [-0.25, -0.2) is 0 Å². The third-order valence-corrected chi connectivity index (χ3v) is 5.72. The zero-order valence-electron chi connectivity index (χ0n) is 17.4. The van der Waals surface area contributed by atoms with Crippen LogP contribution in [0.4, 0.5) is 0 Å². The lowest BCUT2D eigenvalue weighted by Gasteiger charge is -2.26. The summed E-state index contributed by atoms with van der Waals surface area (Å²) in [6.07, 6.45) is 0. The third-order valence-electron chi connectivity index (χ3n) is 4.81. The number of thioether (sulfide) groups is 1. The second-order valence-electron chi connectivity index (χ2n) is 7.04. The van der Waals surface area contributed by atoms with Gasteiger partial charge in [-0.15, -0.1) is 22.0 Å². The van der Waals surface area contributed by atoms with Gasteiger partial charge in [-0.05, 0) is 36.4 Å². The molecular formula is C23H27N3O4S. The number of hydrogen-bond donors (Lipinski definition) is 0. The molecule has 0 spiro atoms. The fourth-order valence-electron chi connectivity index (χ4n) is 3.13. The summed E-state index contributed by atoms with van der Waals surface area (Å²) in [5.41, 5.74) is 0.886. The average Bonchev–Trinajstić information content (AvgIpc) is 3.30. The van der Waals surface area contributed by atoms with E-state index in [1.54, 1.807) is 11.8 Å². The average molecular weight is 442 g/mol. The first-order valence-corrected chi connectivity index (χ1v) is 11.6. The molecule has 0 unspecified atom stereocenters. The Balaban J connectivity index is 1.17. The summed E-state index contributed by atoms with van der Waals surface area (Å²) < 4.78 is 22.7. The van der Waals surface area contributed by atoms with E-state index in [0.29, 0.717) is 30.7 Å². The van der Waals surface area contributed by atoms with Gasteiger partial charge >= 0.3 is 0 Å². The molecule has 8 heteroatoms. The maximum absolute atomic E-state index is 5.85. The summed E-state index contributed by atoms with van der Waals surface area (Å²) in [6.45, 7) is 5.77. The minimum absolute atomic E-state index is 0.524. The monoisotopic (exact) mass is 441 g/mol. The van der Waals surface area contributed by atoms with Crippen molar-refractivity contribution in [2.75, 3.05) is 51.8 Å². The molecule has 0 aliphatic carbocycles. The summed E-state index contributed by atoms with van der Waals surface area (Å²) in [7, 11) is 0. The normalized spacial score (nSPS) is 14.5. The predicted octanol–water partition coefficient (Wildman–Crippen LogP) is 3.76. The van der Waals surface area contributed by atoms with Gasteiger partial charge in [-0.2, -0.15) is 0 Å². The van der Waals surface area contributed by atoms with Crippen LogP contribution in [0.1, 0.15) is 5.89 Å². The first-order chi connectivity index (χ1) is 15.4. The molecule has 1 aliphatic rings. The lowest BCUT2D eigenvalue weighted by atomic mass is 10.2. The Kier molecular flexibility index (Phi) is 8.21. The van der Waals surface area contributed by atoms with Crippen molar-refractivity contribution in [2.45, 2.75) is 5.75 Å². The van der Waals surface area contributed by atoms with Gasteiger partial charge < -0.3 is 18.6 Å². The fraction of sp³-hybridized carbons (Fsp3) is 0.391. The highest BCUT2D eigenvalue weighted by molar-refractivity contribution is 7.98. The quantitative estimate of drug-likeness (QED) is 0.417. The number of hydrogen-bond acceptors (Lipinski definition) is 8.